The summed E-state index contributed by atoms with van der Waals surface area (Å²) in [5.74, 6) is 0.688. The van der Waals surface area contributed by atoms with Gasteiger partial charge in [0.2, 0.25) is 0 Å². The second kappa shape index (κ2) is 14.1. The lowest BCUT2D eigenvalue weighted by molar-refractivity contribution is -0.0823. The molecule has 0 amide bonds. The largest absolute Gasteiger partial charge is 0.474 e. The maximum atomic E-state index is 6.93. The Morgan fingerprint density at radius 2 is 1.69 bits per heavy atom. The minimum absolute atomic E-state index is 0.0196. The van der Waals surface area contributed by atoms with E-state index in [2.05, 4.69) is 42.3 Å². The van der Waals surface area contributed by atoms with Crippen molar-refractivity contribution in [3.8, 4) is 0 Å². The fourth-order valence-electron chi connectivity index (χ4n) is 5.07. The van der Waals surface area contributed by atoms with Gasteiger partial charge in [0.15, 0.2) is 5.88 Å². The molecule has 1 aliphatic heterocycles. The summed E-state index contributed by atoms with van der Waals surface area (Å²) in [4.78, 5) is 2.23. The van der Waals surface area contributed by atoms with Crippen LogP contribution in [0.3, 0.4) is 0 Å². The standard InChI is InChI=1S/C28H44N2O3.C2H6/c1-6-17-28(29)18-10-19-30(22(2)33-27(3,4)5)26(28)21-32-25-15-13-24(14-16-25)31-20-23-11-8-7-9-12-23;1-2/h6-9,11-12,24-26H,1-2,10,13-21,29H2,3-5H3;1-2H3. The van der Waals surface area contributed by atoms with E-state index >= 15 is 0 Å². The Balaban J connectivity index is 0.00000210. The summed E-state index contributed by atoms with van der Waals surface area (Å²) in [5, 5.41) is 0. The second-order valence-electron chi connectivity index (χ2n) is 10.7. The number of likely N-dealkylation sites (tertiary alicyclic amines) is 1. The number of rotatable bonds is 10. The zero-order valence-corrected chi connectivity index (χ0v) is 22.9. The van der Waals surface area contributed by atoms with Crippen LogP contribution in [-0.2, 0) is 20.8 Å². The minimum Gasteiger partial charge on any atom is -0.474 e. The maximum Gasteiger partial charge on any atom is 0.182 e. The summed E-state index contributed by atoms with van der Waals surface area (Å²) in [7, 11) is 0. The van der Waals surface area contributed by atoms with Crippen molar-refractivity contribution in [3.63, 3.8) is 0 Å². The molecule has 1 heterocycles. The van der Waals surface area contributed by atoms with E-state index < -0.39 is 0 Å². The van der Waals surface area contributed by atoms with Crippen molar-refractivity contribution in [2.75, 3.05) is 13.2 Å². The molecule has 2 unspecified atom stereocenters. The van der Waals surface area contributed by atoms with E-state index in [1.54, 1.807) is 0 Å². The molecule has 5 nitrogen and oxygen atoms in total. The van der Waals surface area contributed by atoms with Gasteiger partial charge in [-0.3, -0.25) is 0 Å². The number of piperidine rings is 1. The molecule has 0 aromatic heterocycles. The lowest BCUT2D eigenvalue weighted by atomic mass is 9.79. The van der Waals surface area contributed by atoms with Gasteiger partial charge >= 0.3 is 0 Å². The number of hydrogen-bond acceptors (Lipinski definition) is 5. The summed E-state index contributed by atoms with van der Waals surface area (Å²) < 4.78 is 18.8. The molecule has 2 N–H and O–H groups in total. The zero-order chi connectivity index (χ0) is 25.9. The normalized spacial score (nSPS) is 26.9. The van der Waals surface area contributed by atoms with E-state index in [1.807, 2.05) is 46.8 Å². The molecule has 0 bridgehead atoms. The Hall–Kier alpha value is -1.82. The van der Waals surface area contributed by atoms with E-state index in [0.717, 1.165) is 51.5 Å². The molecule has 1 aromatic rings. The van der Waals surface area contributed by atoms with E-state index in [0.29, 0.717) is 25.2 Å². The van der Waals surface area contributed by atoms with Crippen molar-refractivity contribution >= 4 is 0 Å². The highest BCUT2D eigenvalue weighted by Gasteiger charge is 2.43. The van der Waals surface area contributed by atoms with Crippen molar-refractivity contribution in [3.05, 3.63) is 61.0 Å². The SMILES string of the molecule is C=CCC1(N)CCCN(C(=C)OC(C)(C)C)C1COC1CCC(OCc2ccccc2)CC1.CC. The van der Waals surface area contributed by atoms with Crippen LogP contribution in [0.15, 0.2) is 55.4 Å². The molecule has 1 aromatic carbocycles. The van der Waals surface area contributed by atoms with Crippen molar-refractivity contribution in [2.24, 2.45) is 5.73 Å². The summed E-state index contributed by atoms with van der Waals surface area (Å²) in [6, 6.07) is 10.4. The topological polar surface area (TPSA) is 57.0 Å². The first-order chi connectivity index (χ1) is 16.7. The molecule has 1 saturated carbocycles. The molecule has 2 fully saturated rings. The van der Waals surface area contributed by atoms with E-state index in [-0.39, 0.29) is 23.3 Å². The molecule has 0 spiro atoms. The van der Waals surface area contributed by atoms with Crippen LogP contribution in [-0.4, -0.2) is 47.4 Å². The first-order valence-electron chi connectivity index (χ1n) is 13.5. The van der Waals surface area contributed by atoms with Crippen molar-refractivity contribution in [2.45, 2.75) is 116 Å². The quantitative estimate of drug-likeness (QED) is 0.299. The highest BCUT2D eigenvalue weighted by Crippen LogP contribution is 2.34. The predicted molar refractivity (Wildman–Crippen MR) is 146 cm³/mol. The summed E-state index contributed by atoms with van der Waals surface area (Å²) >= 11 is 0. The van der Waals surface area contributed by atoms with Gasteiger partial charge in [-0.2, -0.15) is 0 Å². The van der Waals surface area contributed by atoms with Crippen LogP contribution in [0.25, 0.3) is 0 Å². The highest BCUT2D eigenvalue weighted by molar-refractivity contribution is 5.13. The van der Waals surface area contributed by atoms with Gasteiger partial charge in [0, 0.05) is 12.1 Å². The van der Waals surface area contributed by atoms with Gasteiger partial charge in [0.05, 0.1) is 31.5 Å². The molecular weight excluding hydrogens is 436 g/mol. The van der Waals surface area contributed by atoms with Gasteiger partial charge in [-0.25, -0.2) is 0 Å². The number of ether oxygens (including phenoxy) is 3. The average molecular weight is 487 g/mol. The Kier molecular flexibility index (Phi) is 11.8. The van der Waals surface area contributed by atoms with Crippen LogP contribution >= 0.6 is 0 Å². The van der Waals surface area contributed by atoms with E-state index in [1.165, 1.54) is 5.56 Å². The van der Waals surface area contributed by atoms with Gasteiger partial charge in [0.25, 0.3) is 0 Å². The molecule has 1 saturated heterocycles. The fourth-order valence-corrected chi connectivity index (χ4v) is 5.07. The number of hydrogen-bond donors (Lipinski definition) is 1. The third-order valence-corrected chi connectivity index (χ3v) is 6.79. The molecule has 35 heavy (non-hydrogen) atoms. The number of benzene rings is 1. The van der Waals surface area contributed by atoms with Gasteiger partial charge in [0.1, 0.15) is 5.60 Å². The highest BCUT2D eigenvalue weighted by atomic mass is 16.5. The van der Waals surface area contributed by atoms with Crippen LogP contribution in [0.5, 0.6) is 0 Å². The fraction of sp³-hybridized carbons (Fsp3) is 0.667. The molecule has 198 valence electrons. The van der Waals surface area contributed by atoms with Crippen molar-refractivity contribution in [1.82, 2.24) is 4.90 Å². The summed E-state index contributed by atoms with van der Waals surface area (Å²) in [6.07, 6.45) is 9.30. The molecule has 3 rings (SSSR count). The zero-order valence-electron chi connectivity index (χ0n) is 22.9. The number of nitrogens with two attached hydrogens (primary N) is 1. The molecule has 0 radical (unpaired) electrons. The monoisotopic (exact) mass is 486 g/mol. The molecular formula is C30H50N2O3. The second-order valence-corrected chi connectivity index (χ2v) is 10.7. The minimum atomic E-state index is -0.389. The van der Waals surface area contributed by atoms with E-state index in [9.17, 15) is 0 Å². The molecule has 1 aliphatic carbocycles. The van der Waals surface area contributed by atoms with Crippen LogP contribution in [0, 0.1) is 0 Å². The average Bonchev–Trinajstić information content (AvgIpc) is 2.83. The third kappa shape index (κ3) is 9.29. The molecule has 2 aliphatic rings. The Bertz CT molecular complexity index is 753. The van der Waals surface area contributed by atoms with Gasteiger partial charge in [-0.15, -0.1) is 6.58 Å². The first kappa shape index (κ1) is 29.4. The van der Waals surface area contributed by atoms with Gasteiger partial charge in [-0.05, 0) is 77.9 Å². The Labute approximate surface area is 214 Å². The first-order valence-corrected chi connectivity index (χ1v) is 13.5. The lowest BCUT2D eigenvalue weighted by Gasteiger charge is -2.50. The molecule has 5 heteroatoms. The van der Waals surface area contributed by atoms with Crippen LogP contribution in [0.2, 0.25) is 0 Å². The van der Waals surface area contributed by atoms with Crippen LogP contribution in [0.4, 0.5) is 0 Å². The van der Waals surface area contributed by atoms with Gasteiger partial charge < -0.3 is 24.8 Å². The van der Waals surface area contributed by atoms with Crippen molar-refractivity contribution < 1.29 is 14.2 Å². The summed E-state index contributed by atoms with van der Waals surface area (Å²) in [5.41, 5.74) is 7.47. The molecule has 2 atom stereocenters. The van der Waals surface area contributed by atoms with Gasteiger partial charge in [-0.1, -0.05) is 50.3 Å². The summed E-state index contributed by atoms with van der Waals surface area (Å²) in [6.45, 7) is 20.5. The van der Waals surface area contributed by atoms with Crippen LogP contribution < -0.4 is 5.73 Å². The van der Waals surface area contributed by atoms with Crippen molar-refractivity contribution in [1.29, 1.82) is 0 Å². The Morgan fingerprint density at radius 1 is 1.09 bits per heavy atom. The smallest absolute Gasteiger partial charge is 0.182 e. The van der Waals surface area contributed by atoms with Crippen LogP contribution in [0.1, 0.15) is 85.1 Å². The lowest BCUT2D eigenvalue weighted by Crippen LogP contribution is -2.63. The van der Waals surface area contributed by atoms with E-state index in [4.69, 9.17) is 19.9 Å². The third-order valence-electron chi connectivity index (χ3n) is 6.79. The maximum absolute atomic E-state index is 6.93. The Morgan fingerprint density at radius 3 is 2.26 bits per heavy atom. The predicted octanol–water partition coefficient (Wildman–Crippen LogP) is 6.58. The number of nitrogens with zero attached hydrogens (tertiary/aromatic N) is 1.